The predicted octanol–water partition coefficient (Wildman–Crippen LogP) is -0.237. The molecular formula is C12H16N2O4. The number of carbonyl (C=O) groups is 2. The molecule has 0 fully saturated rings. The van der Waals surface area contributed by atoms with Crippen molar-refractivity contribution in [1.29, 1.82) is 0 Å². The van der Waals surface area contributed by atoms with E-state index >= 15 is 0 Å². The summed E-state index contributed by atoms with van der Waals surface area (Å²) in [6, 6.07) is 5.88. The number of hydrogen-bond acceptors (Lipinski definition) is 4. The topological polar surface area (TPSA) is 113 Å². The van der Waals surface area contributed by atoms with Crippen molar-refractivity contribution >= 4 is 17.6 Å². The van der Waals surface area contributed by atoms with Crippen molar-refractivity contribution in [1.82, 2.24) is 5.32 Å². The average Bonchev–Trinajstić information content (AvgIpc) is 2.33. The number of benzene rings is 1. The largest absolute Gasteiger partial charge is 0.480 e. The zero-order valence-electron chi connectivity index (χ0n) is 9.80. The molecule has 0 bridgehead atoms. The first-order chi connectivity index (χ1) is 8.52. The highest BCUT2D eigenvalue weighted by atomic mass is 16.4. The molecule has 1 aromatic rings. The fourth-order valence-electron chi connectivity index (χ4n) is 1.46. The molecule has 98 valence electrons. The van der Waals surface area contributed by atoms with E-state index < -0.39 is 24.5 Å². The number of nitrogens with two attached hydrogens (primary N) is 1. The lowest BCUT2D eigenvalue weighted by atomic mass is 10.1. The lowest BCUT2D eigenvalue weighted by molar-refractivity contribution is -0.142. The molecule has 0 aliphatic rings. The molecule has 0 heterocycles. The van der Waals surface area contributed by atoms with Crippen LogP contribution in [0.3, 0.4) is 0 Å². The van der Waals surface area contributed by atoms with Crippen molar-refractivity contribution in [3.8, 4) is 0 Å². The Kier molecular flexibility index (Phi) is 5.13. The fourth-order valence-corrected chi connectivity index (χ4v) is 1.46. The highest BCUT2D eigenvalue weighted by molar-refractivity contribution is 5.83. The zero-order chi connectivity index (χ0) is 13.5. The van der Waals surface area contributed by atoms with Crippen LogP contribution in [0.25, 0.3) is 0 Å². The molecule has 0 radical (unpaired) electrons. The second kappa shape index (κ2) is 6.61. The number of carboxylic acids is 1. The summed E-state index contributed by atoms with van der Waals surface area (Å²) in [5.74, 6) is -1.67. The Morgan fingerprint density at radius 1 is 1.39 bits per heavy atom. The molecule has 1 amide bonds. The molecule has 0 spiro atoms. The van der Waals surface area contributed by atoms with Crippen LogP contribution in [0.15, 0.2) is 24.3 Å². The van der Waals surface area contributed by atoms with E-state index in [1.165, 1.54) is 0 Å². The molecule has 6 nitrogen and oxygen atoms in total. The molecule has 0 aliphatic heterocycles. The lowest BCUT2D eigenvalue weighted by Crippen LogP contribution is -2.43. The molecule has 18 heavy (non-hydrogen) atoms. The van der Waals surface area contributed by atoms with Gasteiger partial charge in [0, 0.05) is 12.1 Å². The van der Waals surface area contributed by atoms with E-state index in [-0.39, 0.29) is 6.42 Å². The zero-order valence-corrected chi connectivity index (χ0v) is 9.80. The number of aliphatic hydroxyl groups excluding tert-OH is 1. The van der Waals surface area contributed by atoms with Crippen LogP contribution < -0.4 is 11.1 Å². The minimum atomic E-state index is -1.25. The molecule has 0 saturated heterocycles. The Hall–Kier alpha value is -2.08. The number of amides is 1. The molecule has 1 unspecified atom stereocenters. The van der Waals surface area contributed by atoms with Gasteiger partial charge in [-0.05, 0) is 24.1 Å². The number of hydrogen-bond donors (Lipinski definition) is 4. The van der Waals surface area contributed by atoms with Gasteiger partial charge in [0.15, 0.2) is 0 Å². The Morgan fingerprint density at radius 2 is 2.11 bits per heavy atom. The number of anilines is 1. The molecular weight excluding hydrogens is 236 g/mol. The van der Waals surface area contributed by atoms with Crippen LogP contribution in [0.5, 0.6) is 0 Å². The summed E-state index contributed by atoms with van der Waals surface area (Å²) in [4.78, 5) is 22.1. The molecule has 1 atom stereocenters. The number of aryl methyl sites for hydroxylation is 1. The van der Waals surface area contributed by atoms with Crippen LogP contribution in [0.4, 0.5) is 5.69 Å². The normalized spacial score (nSPS) is 11.8. The van der Waals surface area contributed by atoms with Gasteiger partial charge in [-0.15, -0.1) is 0 Å². The van der Waals surface area contributed by atoms with E-state index in [0.29, 0.717) is 12.1 Å². The number of aliphatic hydroxyl groups is 1. The molecule has 1 rings (SSSR count). The van der Waals surface area contributed by atoms with Gasteiger partial charge in [-0.3, -0.25) is 4.79 Å². The van der Waals surface area contributed by atoms with Crippen LogP contribution in [-0.2, 0) is 16.0 Å². The van der Waals surface area contributed by atoms with E-state index in [4.69, 9.17) is 15.9 Å². The number of rotatable bonds is 6. The van der Waals surface area contributed by atoms with Crippen LogP contribution in [-0.4, -0.2) is 34.7 Å². The number of carbonyl (C=O) groups excluding carboxylic acids is 1. The van der Waals surface area contributed by atoms with Gasteiger partial charge in [-0.1, -0.05) is 12.1 Å². The molecule has 0 aromatic heterocycles. The first-order valence-electron chi connectivity index (χ1n) is 5.50. The first-order valence-corrected chi connectivity index (χ1v) is 5.50. The minimum Gasteiger partial charge on any atom is -0.480 e. The predicted molar refractivity (Wildman–Crippen MR) is 65.8 cm³/mol. The molecule has 1 aromatic carbocycles. The molecule has 0 saturated carbocycles. The average molecular weight is 252 g/mol. The summed E-state index contributed by atoms with van der Waals surface area (Å²) >= 11 is 0. The quantitative estimate of drug-likeness (QED) is 0.522. The number of nitrogens with one attached hydrogen (secondary N) is 1. The summed E-state index contributed by atoms with van der Waals surface area (Å²) in [7, 11) is 0. The van der Waals surface area contributed by atoms with Crippen LogP contribution >= 0.6 is 0 Å². The van der Waals surface area contributed by atoms with Gasteiger partial charge in [-0.25, -0.2) is 4.79 Å². The third-order valence-electron chi connectivity index (χ3n) is 2.41. The highest BCUT2D eigenvalue weighted by Crippen LogP contribution is 2.08. The van der Waals surface area contributed by atoms with Crippen molar-refractivity contribution in [3.63, 3.8) is 0 Å². The van der Waals surface area contributed by atoms with Gasteiger partial charge < -0.3 is 21.3 Å². The van der Waals surface area contributed by atoms with Crippen molar-refractivity contribution in [2.45, 2.75) is 18.9 Å². The van der Waals surface area contributed by atoms with Crippen molar-refractivity contribution in [2.24, 2.45) is 0 Å². The lowest BCUT2D eigenvalue weighted by Gasteiger charge is -2.11. The Morgan fingerprint density at radius 3 is 2.67 bits per heavy atom. The van der Waals surface area contributed by atoms with E-state index in [0.717, 1.165) is 5.56 Å². The Balaban J connectivity index is 2.44. The number of nitrogen functional groups attached to an aromatic ring is 1. The number of aliphatic carboxylic acids is 1. The van der Waals surface area contributed by atoms with E-state index in [1.807, 2.05) is 6.07 Å². The van der Waals surface area contributed by atoms with Crippen molar-refractivity contribution in [3.05, 3.63) is 29.8 Å². The summed E-state index contributed by atoms with van der Waals surface area (Å²) in [6.07, 6.45) is 0.613. The minimum absolute atomic E-state index is 0.146. The van der Waals surface area contributed by atoms with Gasteiger partial charge in [0.1, 0.15) is 6.04 Å². The Bertz CT molecular complexity index is 434. The van der Waals surface area contributed by atoms with Crippen molar-refractivity contribution in [2.75, 3.05) is 12.3 Å². The molecule has 5 N–H and O–H groups in total. The summed E-state index contributed by atoms with van der Waals surface area (Å²) < 4.78 is 0. The summed E-state index contributed by atoms with van der Waals surface area (Å²) in [5.41, 5.74) is 7.12. The fraction of sp³-hybridized carbons (Fsp3) is 0.333. The van der Waals surface area contributed by atoms with Crippen molar-refractivity contribution < 1.29 is 19.8 Å². The smallest absolute Gasteiger partial charge is 0.328 e. The summed E-state index contributed by atoms with van der Waals surface area (Å²) in [6.45, 7) is -0.626. The third kappa shape index (κ3) is 4.42. The maximum absolute atomic E-state index is 11.5. The van der Waals surface area contributed by atoms with Gasteiger partial charge in [-0.2, -0.15) is 0 Å². The van der Waals surface area contributed by atoms with Crippen LogP contribution in [0.1, 0.15) is 12.0 Å². The second-order valence-electron chi connectivity index (χ2n) is 3.89. The van der Waals surface area contributed by atoms with Crippen LogP contribution in [0.2, 0.25) is 0 Å². The third-order valence-corrected chi connectivity index (χ3v) is 2.41. The summed E-state index contributed by atoms with van der Waals surface area (Å²) in [5, 5.41) is 19.6. The van der Waals surface area contributed by atoms with Crippen LogP contribution in [0, 0.1) is 0 Å². The van der Waals surface area contributed by atoms with E-state index in [9.17, 15) is 9.59 Å². The van der Waals surface area contributed by atoms with E-state index in [1.54, 1.807) is 18.2 Å². The van der Waals surface area contributed by atoms with Gasteiger partial charge in [0.05, 0.1) is 6.61 Å². The SMILES string of the molecule is Nc1cccc(CCC(=O)NC(CO)C(=O)O)c1. The second-order valence-corrected chi connectivity index (χ2v) is 3.89. The van der Waals surface area contributed by atoms with Gasteiger partial charge in [0.25, 0.3) is 0 Å². The van der Waals surface area contributed by atoms with Gasteiger partial charge >= 0.3 is 5.97 Å². The highest BCUT2D eigenvalue weighted by Gasteiger charge is 2.18. The maximum atomic E-state index is 11.5. The monoisotopic (exact) mass is 252 g/mol. The molecule has 0 aliphatic carbocycles. The first kappa shape index (κ1) is 14.0. The van der Waals surface area contributed by atoms with Gasteiger partial charge in [0.2, 0.25) is 5.91 Å². The number of carboxylic acid groups (broad SMARTS) is 1. The van der Waals surface area contributed by atoms with E-state index in [2.05, 4.69) is 5.32 Å². The maximum Gasteiger partial charge on any atom is 0.328 e. The standard InChI is InChI=1S/C12H16N2O4/c13-9-3-1-2-8(6-9)4-5-11(16)14-10(7-15)12(17)18/h1-3,6,10,15H,4-5,7,13H2,(H,14,16)(H,17,18). The Labute approximate surface area is 104 Å². The molecule has 6 heteroatoms.